The molecule has 0 aliphatic rings. The summed E-state index contributed by atoms with van der Waals surface area (Å²) in [5, 5.41) is 6.61. The predicted molar refractivity (Wildman–Crippen MR) is 161 cm³/mol. The number of hydrogen-bond acceptors (Lipinski definition) is 0. The Labute approximate surface area is 214 Å². The van der Waals surface area contributed by atoms with Crippen LogP contribution in [0.3, 0.4) is 0 Å². The molecule has 0 aromatic heterocycles. The van der Waals surface area contributed by atoms with Crippen LogP contribution in [0.15, 0.2) is 127 Å². The van der Waals surface area contributed by atoms with Gasteiger partial charge in [0.15, 0.2) is 0 Å². The Bertz CT molecular complexity index is 1680. The highest BCUT2D eigenvalue weighted by Gasteiger charge is 2.15. The molecule has 0 aliphatic heterocycles. The van der Waals surface area contributed by atoms with Gasteiger partial charge in [0.1, 0.15) is 0 Å². The SMILES string of the molecule is C[Si](C)(C)c1ccc(-c2ccc3cc(-c4ccc(-c5ccc6ccccc6c5)cc4)ccc3c2)cc1. The second-order valence-corrected chi connectivity index (χ2v) is 15.8. The summed E-state index contributed by atoms with van der Waals surface area (Å²) < 4.78 is 0. The number of rotatable bonds is 4. The van der Waals surface area contributed by atoms with Crippen LogP contribution in [0.4, 0.5) is 0 Å². The van der Waals surface area contributed by atoms with E-state index in [1.807, 2.05) is 0 Å². The molecule has 6 aromatic carbocycles. The van der Waals surface area contributed by atoms with E-state index >= 15 is 0 Å². The van der Waals surface area contributed by atoms with Crippen molar-refractivity contribution in [3.63, 3.8) is 0 Å². The van der Waals surface area contributed by atoms with E-state index in [2.05, 4.69) is 147 Å². The van der Waals surface area contributed by atoms with E-state index in [9.17, 15) is 0 Å². The summed E-state index contributed by atoms with van der Waals surface area (Å²) in [4.78, 5) is 0. The Morgan fingerprint density at radius 1 is 0.333 bits per heavy atom. The molecule has 0 N–H and O–H groups in total. The first kappa shape index (κ1) is 22.5. The first-order valence-corrected chi connectivity index (χ1v) is 16.2. The van der Waals surface area contributed by atoms with Gasteiger partial charge in [-0.2, -0.15) is 0 Å². The number of fused-ring (bicyclic) bond motifs is 2. The summed E-state index contributed by atoms with van der Waals surface area (Å²) in [7, 11) is -1.27. The molecule has 0 bridgehead atoms. The second kappa shape index (κ2) is 8.93. The van der Waals surface area contributed by atoms with Crippen molar-refractivity contribution in [3.8, 4) is 33.4 Å². The quantitative estimate of drug-likeness (QED) is 0.221. The van der Waals surface area contributed by atoms with Crippen molar-refractivity contribution in [2.75, 3.05) is 0 Å². The predicted octanol–water partition coefficient (Wildman–Crippen LogP) is 9.54. The van der Waals surface area contributed by atoms with E-state index in [1.54, 1.807) is 0 Å². The van der Waals surface area contributed by atoms with Crippen LogP contribution in [0.1, 0.15) is 0 Å². The summed E-state index contributed by atoms with van der Waals surface area (Å²) >= 11 is 0. The number of hydrogen-bond donors (Lipinski definition) is 0. The monoisotopic (exact) mass is 478 g/mol. The fourth-order valence-electron chi connectivity index (χ4n) is 4.99. The molecule has 6 aromatic rings. The normalized spacial score (nSPS) is 11.8. The first-order valence-electron chi connectivity index (χ1n) is 12.7. The van der Waals surface area contributed by atoms with Crippen LogP contribution in [-0.4, -0.2) is 8.07 Å². The van der Waals surface area contributed by atoms with Gasteiger partial charge in [-0.3, -0.25) is 0 Å². The van der Waals surface area contributed by atoms with Crippen molar-refractivity contribution in [2.24, 2.45) is 0 Å². The van der Waals surface area contributed by atoms with Gasteiger partial charge in [-0.25, -0.2) is 0 Å². The van der Waals surface area contributed by atoms with Crippen molar-refractivity contribution >= 4 is 34.8 Å². The average Bonchev–Trinajstić information content (AvgIpc) is 2.92. The molecule has 0 fully saturated rings. The standard InChI is InChI=1S/C35H30Si/c1-36(2,3)35-20-18-28(19-21-35)32-15-17-33-23-31(14-16-34(33)24-32)27-10-8-26(9-11-27)30-13-12-25-6-4-5-7-29(25)22-30/h4-24H,1-3H3. The van der Waals surface area contributed by atoms with E-state index in [-0.39, 0.29) is 0 Å². The number of benzene rings is 6. The van der Waals surface area contributed by atoms with Gasteiger partial charge in [0, 0.05) is 0 Å². The van der Waals surface area contributed by atoms with Crippen LogP contribution >= 0.6 is 0 Å². The van der Waals surface area contributed by atoms with Gasteiger partial charge in [0.2, 0.25) is 0 Å². The molecule has 0 atom stereocenters. The summed E-state index contributed by atoms with van der Waals surface area (Å²) in [5.74, 6) is 0. The van der Waals surface area contributed by atoms with Crippen molar-refractivity contribution < 1.29 is 0 Å². The summed E-state index contributed by atoms with van der Waals surface area (Å²) in [6.07, 6.45) is 0. The lowest BCUT2D eigenvalue weighted by Crippen LogP contribution is -2.37. The third-order valence-corrected chi connectivity index (χ3v) is 9.29. The zero-order valence-corrected chi connectivity index (χ0v) is 22.1. The minimum atomic E-state index is -1.27. The van der Waals surface area contributed by atoms with Crippen LogP contribution in [0.5, 0.6) is 0 Å². The lowest BCUT2D eigenvalue weighted by Gasteiger charge is -2.17. The molecule has 0 spiro atoms. The Kier molecular flexibility index (Phi) is 5.58. The highest BCUT2D eigenvalue weighted by atomic mass is 28.3. The van der Waals surface area contributed by atoms with E-state index in [4.69, 9.17) is 0 Å². The van der Waals surface area contributed by atoms with Gasteiger partial charge < -0.3 is 0 Å². The highest BCUT2D eigenvalue weighted by molar-refractivity contribution is 6.88. The molecule has 0 nitrogen and oxygen atoms in total. The fraction of sp³-hybridized carbons (Fsp3) is 0.0857. The zero-order valence-electron chi connectivity index (χ0n) is 21.1. The Hall–Kier alpha value is -3.94. The smallest absolute Gasteiger partial charge is 0.0656 e. The molecule has 0 saturated heterocycles. The Morgan fingerprint density at radius 2 is 0.667 bits per heavy atom. The fourth-order valence-corrected chi connectivity index (χ4v) is 6.16. The van der Waals surface area contributed by atoms with Crippen LogP contribution in [0.25, 0.3) is 54.9 Å². The first-order chi connectivity index (χ1) is 17.4. The van der Waals surface area contributed by atoms with E-state index in [0.29, 0.717) is 0 Å². The zero-order chi connectivity index (χ0) is 24.7. The van der Waals surface area contributed by atoms with E-state index < -0.39 is 8.07 Å². The lowest BCUT2D eigenvalue weighted by molar-refractivity contribution is 1.61. The van der Waals surface area contributed by atoms with Gasteiger partial charge >= 0.3 is 0 Å². The minimum Gasteiger partial charge on any atom is -0.0656 e. The van der Waals surface area contributed by atoms with Gasteiger partial charge in [0.05, 0.1) is 8.07 Å². The average molecular weight is 479 g/mol. The lowest BCUT2D eigenvalue weighted by atomic mass is 9.96. The molecule has 1 heteroatoms. The summed E-state index contributed by atoms with van der Waals surface area (Å²) in [6, 6.07) is 47.0. The molecule has 6 rings (SSSR count). The molecule has 0 amide bonds. The maximum atomic E-state index is 2.40. The van der Waals surface area contributed by atoms with Crippen LogP contribution in [0, 0.1) is 0 Å². The van der Waals surface area contributed by atoms with Gasteiger partial charge in [-0.05, 0) is 73.1 Å². The molecule has 0 aliphatic carbocycles. The van der Waals surface area contributed by atoms with Crippen molar-refractivity contribution in [3.05, 3.63) is 127 Å². The van der Waals surface area contributed by atoms with Crippen molar-refractivity contribution in [1.29, 1.82) is 0 Å². The summed E-state index contributed by atoms with van der Waals surface area (Å²) in [5.41, 5.74) is 7.55. The Morgan fingerprint density at radius 3 is 1.11 bits per heavy atom. The van der Waals surface area contributed by atoms with Gasteiger partial charge in [0.25, 0.3) is 0 Å². The topological polar surface area (TPSA) is 0 Å². The third kappa shape index (κ3) is 4.39. The molecule has 0 heterocycles. The maximum absolute atomic E-state index is 2.40. The minimum absolute atomic E-state index is 1.24. The molecule has 174 valence electrons. The largest absolute Gasteiger partial charge is 0.0775 e. The van der Waals surface area contributed by atoms with Crippen LogP contribution in [-0.2, 0) is 0 Å². The molecular formula is C35H30Si. The Balaban J connectivity index is 1.27. The third-order valence-electron chi connectivity index (χ3n) is 7.23. The molecular weight excluding hydrogens is 448 g/mol. The highest BCUT2D eigenvalue weighted by Crippen LogP contribution is 2.31. The molecule has 36 heavy (non-hydrogen) atoms. The van der Waals surface area contributed by atoms with Crippen LogP contribution < -0.4 is 5.19 Å². The molecule has 0 radical (unpaired) electrons. The van der Waals surface area contributed by atoms with Gasteiger partial charge in [-0.1, -0.05) is 134 Å². The summed E-state index contributed by atoms with van der Waals surface area (Å²) in [6.45, 7) is 7.19. The van der Waals surface area contributed by atoms with Crippen LogP contribution in [0.2, 0.25) is 19.6 Å². The van der Waals surface area contributed by atoms with Crippen molar-refractivity contribution in [1.82, 2.24) is 0 Å². The van der Waals surface area contributed by atoms with Gasteiger partial charge in [-0.15, -0.1) is 0 Å². The van der Waals surface area contributed by atoms with Crippen molar-refractivity contribution in [2.45, 2.75) is 19.6 Å². The maximum Gasteiger partial charge on any atom is 0.0775 e. The molecule has 0 saturated carbocycles. The second-order valence-electron chi connectivity index (χ2n) is 10.7. The molecule has 0 unspecified atom stereocenters. The van der Waals surface area contributed by atoms with E-state index in [1.165, 1.54) is 60.1 Å². The van der Waals surface area contributed by atoms with E-state index in [0.717, 1.165) is 0 Å².